The summed E-state index contributed by atoms with van der Waals surface area (Å²) in [6.07, 6.45) is 2.81. The summed E-state index contributed by atoms with van der Waals surface area (Å²) in [6, 6.07) is 3.81. The number of hydrogen-bond donors (Lipinski definition) is 0. The molecule has 7 nitrogen and oxygen atoms in total. The van der Waals surface area contributed by atoms with Gasteiger partial charge in [-0.15, -0.1) is 0 Å². The van der Waals surface area contributed by atoms with Gasteiger partial charge in [-0.25, -0.2) is 4.98 Å². The Balaban J connectivity index is 1.49. The summed E-state index contributed by atoms with van der Waals surface area (Å²) in [4.78, 5) is 25.4. The minimum absolute atomic E-state index is 0.253. The third-order valence-electron chi connectivity index (χ3n) is 4.86. The summed E-state index contributed by atoms with van der Waals surface area (Å²) in [6.45, 7) is 6.95. The highest BCUT2D eigenvalue weighted by atomic mass is 16.5. The van der Waals surface area contributed by atoms with Gasteiger partial charge in [-0.1, -0.05) is 12.1 Å². The fourth-order valence-electron chi connectivity index (χ4n) is 3.26. The number of nitrogens with zero attached hydrogens (tertiary/aromatic N) is 5. The van der Waals surface area contributed by atoms with Crippen molar-refractivity contribution in [1.29, 1.82) is 0 Å². The largest absolute Gasteiger partial charge is 0.352 e. The first-order chi connectivity index (χ1) is 11.6. The van der Waals surface area contributed by atoms with Crippen LogP contribution in [0.5, 0.6) is 0 Å². The molecular formula is C17H21N5O2. The number of aryl methyl sites for hydroxylation is 1. The van der Waals surface area contributed by atoms with Crippen molar-refractivity contribution in [3.63, 3.8) is 0 Å². The Bertz CT molecular complexity index is 751. The molecule has 1 aliphatic carbocycles. The van der Waals surface area contributed by atoms with Crippen LogP contribution >= 0.6 is 0 Å². The average molecular weight is 327 g/mol. The van der Waals surface area contributed by atoms with E-state index in [-0.39, 0.29) is 5.92 Å². The minimum atomic E-state index is 0.253. The molecule has 2 atom stereocenters. The number of rotatable bonds is 3. The van der Waals surface area contributed by atoms with E-state index in [4.69, 9.17) is 4.52 Å². The lowest BCUT2D eigenvalue weighted by atomic mass is 10.2. The van der Waals surface area contributed by atoms with Crippen molar-refractivity contribution in [2.45, 2.75) is 20.3 Å². The van der Waals surface area contributed by atoms with Gasteiger partial charge >= 0.3 is 0 Å². The first-order valence-corrected chi connectivity index (χ1v) is 8.43. The number of hydrogen-bond acceptors (Lipinski definition) is 6. The zero-order chi connectivity index (χ0) is 16.7. The van der Waals surface area contributed by atoms with Gasteiger partial charge in [0.25, 0.3) is 5.89 Å². The number of carbonyl (C=O) groups is 1. The van der Waals surface area contributed by atoms with Gasteiger partial charge in [0.15, 0.2) is 5.82 Å². The molecule has 1 amide bonds. The van der Waals surface area contributed by atoms with Crippen molar-refractivity contribution in [3.05, 3.63) is 24.2 Å². The Morgan fingerprint density at radius 2 is 2.04 bits per heavy atom. The third-order valence-corrected chi connectivity index (χ3v) is 4.86. The standard InChI is InChI=1S/C17H21N5O2/c1-11-10-14(11)17(23)22-8-6-21(7-9-22)15-13(4-3-5-18-15)16-19-12(2)20-24-16/h3-5,11,14H,6-10H2,1-2H3. The van der Waals surface area contributed by atoms with E-state index >= 15 is 0 Å². The summed E-state index contributed by atoms with van der Waals surface area (Å²) in [5, 5.41) is 3.86. The van der Waals surface area contributed by atoms with Crippen LogP contribution in [0.15, 0.2) is 22.9 Å². The second kappa shape index (κ2) is 5.89. The van der Waals surface area contributed by atoms with E-state index in [1.807, 2.05) is 17.0 Å². The van der Waals surface area contributed by atoms with Crippen LogP contribution in [-0.2, 0) is 4.79 Å². The first-order valence-electron chi connectivity index (χ1n) is 8.43. The maximum Gasteiger partial charge on any atom is 0.261 e. The monoisotopic (exact) mass is 327 g/mol. The zero-order valence-corrected chi connectivity index (χ0v) is 14.0. The molecule has 0 aromatic carbocycles. The second-order valence-corrected chi connectivity index (χ2v) is 6.65. The van der Waals surface area contributed by atoms with Gasteiger partial charge in [-0.05, 0) is 31.4 Å². The maximum absolute atomic E-state index is 12.4. The predicted octanol–water partition coefficient (Wildman–Crippen LogP) is 1.74. The van der Waals surface area contributed by atoms with Gasteiger partial charge in [-0.3, -0.25) is 4.79 Å². The third kappa shape index (κ3) is 2.74. The maximum atomic E-state index is 12.4. The van der Waals surface area contributed by atoms with Crippen LogP contribution in [0.3, 0.4) is 0 Å². The zero-order valence-electron chi connectivity index (χ0n) is 14.0. The fourth-order valence-corrected chi connectivity index (χ4v) is 3.26. The normalized spacial score (nSPS) is 23.4. The molecule has 24 heavy (non-hydrogen) atoms. The van der Waals surface area contributed by atoms with Crippen LogP contribution in [0, 0.1) is 18.8 Å². The van der Waals surface area contributed by atoms with E-state index in [1.54, 1.807) is 13.1 Å². The average Bonchev–Trinajstić information content (AvgIpc) is 3.19. The molecule has 0 N–H and O–H groups in total. The molecule has 3 heterocycles. The molecule has 4 rings (SSSR count). The lowest BCUT2D eigenvalue weighted by Crippen LogP contribution is -2.49. The molecule has 2 aromatic heterocycles. The molecule has 0 bridgehead atoms. The first kappa shape index (κ1) is 15.1. The number of amides is 1. The molecule has 0 spiro atoms. The Morgan fingerprint density at radius 3 is 2.67 bits per heavy atom. The summed E-state index contributed by atoms with van der Waals surface area (Å²) in [5.41, 5.74) is 0.841. The highest BCUT2D eigenvalue weighted by Crippen LogP contribution is 2.39. The van der Waals surface area contributed by atoms with Crippen LogP contribution in [-0.4, -0.2) is 52.1 Å². The van der Waals surface area contributed by atoms with Crippen molar-refractivity contribution in [1.82, 2.24) is 20.0 Å². The molecule has 1 saturated carbocycles. The van der Waals surface area contributed by atoms with Gasteiger partial charge in [0, 0.05) is 38.3 Å². The Kier molecular flexibility index (Phi) is 3.70. The molecule has 2 aromatic rings. The van der Waals surface area contributed by atoms with Crippen LogP contribution in [0.25, 0.3) is 11.5 Å². The predicted molar refractivity (Wildman–Crippen MR) is 88.3 cm³/mol. The van der Waals surface area contributed by atoms with Crippen LogP contribution in [0.1, 0.15) is 19.2 Å². The molecule has 2 fully saturated rings. The summed E-state index contributed by atoms with van der Waals surface area (Å²) in [5.74, 6) is 3.06. The van der Waals surface area contributed by atoms with Crippen LogP contribution in [0.2, 0.25) is 0 Å². The minimum Gasteiger partial charge on any atom is -0.352 e. The summed E-state index contributed by atoms with van der Waals surface area (Å²) in [7, 11) is 0. The smallest absolute Gasteiger partial charge is 0.261 e. The van der Waals surface area contributed by atoms with E-state index < -0.39 is 0 Å². The van der Waals surface area contributed by atoms with Gasteiger partial charge in [-0.2, -0.15) is 4.98 Å². The summed E-state index contributed by atoms with van der Waals surface area (Å²) >= 11 is 0. The quantitative estimate of drug-likeness (QED) is 0.855. The van der Waals surface area contributed by atoms with Gasteiger partial charge in [0.1, 0.15) is 5.82 Å². The van der Waals surface area contributed by atoms with Crippen molar-refractivity contribution in [2.24, 2.45) is 11.8 Å². The Labute approximate surface area is 140 Å². The van der Waals surface area contributed by atoms with E-state index in [9.17, 15) is 4.79 Å². The molecule has 1 aliphatic heterocycles. The second-order valence-electron chi connectivity index (χ2n) is 6.65. The van der Waals surface area contributed by atoms with Crippen LogP contribution in [0.4, 0.5) is 5.82 Å². The van der Waals surface area contributed by atoms with Gasteiger partial charge in [0.05, 0.1) is 5.56 Å². The van der Waals surface area contributed by atoms with Crippen molar-refractivity contribution in [2.75, 3.05) is 31.1 Å². The lowest BCUT2D eigenvalue weighted by Gasteiger charge is -2.36. The molecule has 2 unspecified atom stereocenters. The lowest BCUT2D eigenvalue weighted by molar-refractivity contribution is -0.133. The van der Waals surface area contributed by atoms with Gasteiger partial charge < -0.3 is 14.3 Å². The highest BCUT2D eigenvalue weighted by molar-refractivity contribution is 5.82. The fraction of sp³-hybridized carbons (Fsp3) is 0.529. The summed E-state index contributed by atoms with van der Waals surface area (Å²) < 4.78 is 5.30. The number of pyridine rings is 1. The molecular weight excluding hydrogens is 306 g/mol. The molecule has 1 saturated heterocycles. The van der Waals surface area contributed by atoms with Gasteiger partial charge in [0.2, 0.25) is 5.91 Å². The molecule has 126 valence electrons. The number of piperazine rings is 1. The highest BCUT2D eigenvalue weighted by Gasteiger charge is 2.42. The van der Waals surface area contributed by atoms with E-state index in [1.165, 1.54) is 0 Å². The molecule has 7 heteroatoms. The topological polar surface area (TPSA) is 75.4 Å². The van der Waals surface area contributed by atoms with E-state index in [2.05, 4.69) is 26.9 Å². The number of anilines is 1. The number of aromatic nitrogens is 3. The molecule has 0 radical (unpaired) electrons. The molecule has 2 aliphatic rings. The van der Waals surface area contributed by atoms with E-state index in [0.29, 0.717) is 23.5 Å². The SMILES string of the molecule is Cc1noc(-c2cccnc2N2CCN(C(=O)C3CC3C)CC2)n1. The van der Waals surface area contributed by atoms with Crippen LogP contribution < -0.4 is 4.90 Å². The van der Waals surface area contributed by atoms with Crippen molar-refractivity contribution < 1.29 is 9.32 Å². The Morgan fingerprint density at radius 1 is 1.29 bits per heavy atom. The van der Waals surface area contributed by atoms with Crippen molar-refractivity contribution >= 4 is 11.7 Å². The van der Waals surface area contributed by atoms with Crippen molar-refractivity contribution in [3.8, 4) is 11.5 Å². The van der Waals surface area contributed by atoms with E-state index in [0.717, 1.165) is 44.0 Å². The number of carbonyl (C=O) groups excluding carboxylic acids is 1. The Hall–Kier alpha value is -2.44.